The number of unbranched alkanes of at least 4 members (excludes halogenated alkanes) is 12. The van der Waals surface area contributed by atoms with Crippen molar-refractivity contribution in [2.45, 2.75) is 153 Å². The van der Waals surface area contributed by atoms with Gasteiger partial charge in [-0.25, -0.2) is 0 Å². The summed E-state index contributed by atoms with van der Waals surface area (Å²) >= 11 is 1.77. The second kappa shape index (κ2) is 49.3. The van der Waals surface area contributed by atoms with Crippen molar-refractivity contribution >= 4 is 91.8 Å². The third-order valence-corrected chi connectivity index (χ3v) is 12.9. The monoisotopic (exact) mass is 781 g/mol. The van der Waals surface area contributed by atoms with Gasteiger partial charge in [-0.05, 0) is 0 Å². The third-order valence-electron chi connectivity index (χ3n) is 4.83. The average molecular weight is 778 g/mol. The predicted octanol–water partition coefficient (Wildman–Crippen LogP) is 9.04. The van der Waals surface area contributed by atoms with Crippen LogP contribution in [0.3, 0.4) is 0 Å². The van der Waals surface area contributed by atoms with Crippen LogP contribution in [0.15, 0.2) is 0 Å². The van der Waals surface area contributed by atoms with Crippen LogP contribution >= 0.6 is 0 Å². The Hall–Kier alpha value is 3.10. The van der Waals surface area contributed by atoms with Crippen molar-refractivity contribution in [3.8, 4) is 0 Å². The summed E-state index contributed by atoms with van der Waals surface area (Å²) in [6.45, 7) is 9.18. The van der Waals surface area contributed by atoms with E-state index in [0.717, 1.165) is 0 Å². The van der Waals surface area contributed by atoms with Gasteiger partial charge in [0.05, 0.1) is 0 Å². The molecule has 0 heterocycles. The zero-order chi connectivity index (χ0) is 21.6. The zero-order valence-electron chi connectivity index (χ0n) is 21.5. The van der Waals surface area contributed by atoms with Gasteiger partial charge in [0.2, 0.25) is 0 Å². The number of thiol groups is 2. The molecule has 0 spiro atoms. The van der Waals surface area contributed by atoms with Gasteiger partial charge in [-0.15, -0.1) is 0 Å². The fraction of sp³-hybridized carbons (Fsp3) is 1.00. The maximum absolute atomic E-state index is 2.30. The molecule has 0 amide bonds. The van der Waals surface area contributed by atoms with E-state index in [1.807, 2.05) is 0 Å². The Morgan fingerprint density at radius 3 is 1.10 bits per heavy atom. The number of hydrogen-bond acceptors (Lipinski definition) is 2. The number of rotatable bonds is 20. The predicted molar refractivity (Wildman–Crippen MR) is 156 cm³/mol. The smallest absolute Gasteiger partial charge is 0.813 e. The van der Waals surface area contributed by atoms with Crippen LogP contribution in [0.1, 0.15) is 130 Å². The summed E-state index contributed by atoms with van der Waals surface area (Å²) in [5.74, 6) is 0. The first-order chi connectivity index (χ1) is 13.8. The summed E-state index contributed by atoms with van der Waals surface area (Å²) in [6, 6.07) is 0. The van der Waals surface area contributed by atoms with Crippen molar-refractivity contribution in [3.63, 3.8) is 0 Å². The Balaban J connectivity index is -0.000000137. The molecule has 30 heavy (non-hydrogen) atoms. The summed E-state index contributed by atoms with van der Waals surface area (Å²) in [7, 11) is 0. The van der Waals surface area contributed by atoms with Crippen LogP contribution in [0.25, 0.3) is 0 Å². The van der Waals surface area contributed by atoms with E-state index in [1.54, 1.807) is 53.1 Å². The minimum atomic E-state index is 0. The minimum absolute atomic E-state index is 0. The van der Waals surface area contributed by atoms with Crippen LogP contribution in [0.2, 0.25) is 22.7 Å². The molecule has 0 saturated heterocycles. The van der Waals surface area contributed by atoms with Crippen molar-refractivity contribution in [1.29, 1.82) is 0 Å². The van der Waals surface area contributed by atoms with Crippen molar-refractivity contribution in [2.75, 3.05) is 0 Å². The standard InChI is InChI=1S/2C8H17.2C4H9.CH3.2H2S.3Sn/c2*1-3-5-7-8-6-4-2;2*1-3-4-2;;;;;;/h2*1,3-8H2,2H3;2*1,3-4H2,2H3;1H3;2*1H2;;;/q;;;;;;;;2*+1/p-2. The molecule has 0 fully saturated rings. The molecular weight excluding hydrogens is 721 g/mol. The molecule has 0 aromatic heterocycles. The summed E-state index contributed by atoms with van der Waals surface area (Å²) < 4.78 is 6.56. The molecule has 0 bridgehead atoms. The summed E-state index contributed by atoms with van der Waals surface area (Å²) in [5, 5.41) is 0. The van der Waals surface area contributed by atoms with E-state index >= 15 is 0 Å². The fourth-order valence-corrected chi connectivity index (χ4v) is 10.6. The van der Waals surface area contributed by atoms with Gasteiger partial charge in [-0.1, -0.05) is 0 Å². The second-order valence-electron chi connectivity index (χ2n) is 7.74. The van der Waals surface area contributed by atoms with Crippen molar-refractivity contribution in [2.24, 2.45) is 0 Å². The SMILES string of the molecule is CCCCCCC[CH2][Sn+][CH2]CCCCCCC.CCC[CH2][Sn][CH2]CCC.[CH3][Sn+].[SH-].[SH-]. The van der Waals surface area contributed by atoms with Crippen molar-refractivity contribution in [3.05, 3.63) is 0 Å². The normalized spacial score (nSPS) is 9.23. The van der Waals surface area contributed by atoms with Gasteiger partial charge in [0.25, 0.3) is 0 Å². The first kappa shape index (κ1) is 43.2. The molecule has 181 valence electrons. The molecule has 0 unspecified atom stereocenters. The van der Waals surface area contributed by atoms with Crippen LogP contribution in [0.4, 0.5) is 0 Å². The topological polar surface area (TPSA) is 0 Å². The van der Waals surface area contributed by atoms with E-state index in [4.69, 9.17) is 0 Å². The van der Waals surface area contributed by atoms with Crippen LogP contribution in [0.5, 0.6) is 0 Å². The van der Waals surface area contributed by atoms with Gasteiger partial charge in [0.1, 0.15) is 0 Å². The van der Waals surface area contributed by atoms with Gasteiger partial charge >= 0.3 is 218 Å². The van der Waals surface area contributed by atoms with Gasteiger partial charge < -0.3 is 27.0 Å². The maximum Gasteiger partial charge on any atom is -0.813 e. The van der Waals surface area contributed by atoms with E-state index in [1.165, 1.54) is 89.9 Å². The third kappa shape index (κ3) is 52.8. The largest absolute Gasteiger partial charge is 0.813 e. The van der Waals surface area contributed by atoms with E-state index in [9.17, 15) is 0 Å². The van der Waals surface area contributed by atoms with E-state index in [0.29, 0.717) is 0 Å². The van der Waals surface area contributed by atoms with Crippen molar-refractivity contribution in [1.82, 2.24) is 0 Å². The summed E-state index contributed by atoms with van der Waals surface area (Å²) in [4.78, 5) is 2.09. The minimum Gasteiger partial charge on any atom is -0.813 e. The van der Waals surface area contributed by atoms with Gasteiger partial charge in [0.15, 0.2) is 0 Å². The van der Waals surface area contributed by atoms with E-state index in [-0.39, 0.29) is 69.3 Å². The molecule has 0 N–H and O–H groups in total. The molecule has 0 aliphatic heterocycles. The first-order valence-corrected chi connectivity index (χ1v) is 23.7. The maximum atomic E-state index is 2.30. The Kier molecular flexibility index (Phi) is 70.9. The molecule has 0 atom stereocenters. The zero-order valence-corrected chi connectivity index (χ0v) is 31.9. The Morgan fingerprint density at radius 2 is 0.767 bits per heavy atom. The quantitative estimate of drug-likeness (QED) is 0.0524. The number of hydrogen-bond donors (Lipinski definition) is 0. The molecule has 0 aliphatic rings. The molecule has 5 radical (unpaired) electrons. The van der Waals surface area contributed by atoms with E-state index in [2.05, 4.69) is 32.6 Å². The molecule has 0 saturated carbocycles. The summed E-state index contributed by atoms with van der Waals surface area (Å²) in [6.07, 6.45) is 23.7. The van der Waals surface area contributed by atoms with E-state index < -0.39 is 0 Å². The van der Waals surface area contributed by atoms with Crippen LogP contribution in [0, 0.1) is 0 Å². The van der Waals surface area contributed by atoms with Gasteiger partial charge in [-0.2, -0.15) is 0 Å². The Bertz CT molecular complexity index is 201. The Morgan fingerprint density at radius 1 is 0.467 bits per heavy atom. The van der Waals surface area contributed by atoms with Crippen molar-refractivity contribution < 1.29 is 0 Å². The fourth-order valence-electron chi connectivity index (χ4n) is 2.91. The molecule has 0 aromatic rings. The second-order valence-corrected chi connectivity index (χ2v) is 16.3. The Labute approximate surface area is 242 Å². The first-order valence-electron chi connectivity index (χ1n) is 12.7. The average Bonchev–Trinajstić information content (AvgIpc) is 2.73. The molecule has 5 heteroatoms. The molecule has 0 rings (SSSR count). The molecule has 0 aliphatic carbocycles. The van der Waals surface area contributed by atoms with Crippen LogP contribution < -0.4 is 0 Å². The van der Waals surface area contributed by atoms with Gasteiger partial charge in [-0.3, -0.25) is 0 Å². The van der Waals surface area contributed by atoms with Gasteiger partial charge in [0, 0.05) is 0 Å². The van der Waals surface area contributed by atoms with Crippen LogP contribution in [-0.2, 0) is 27.0 Å². The molecular formula is C25H57S2Sn3. The summed E-state index contributed by atoms with van der Waals surface area (Å²) in [5.41, 5.74) is 0. The van der Waals surface area contributed by atoms with Crippen LogP contribution in [-0.4, -0.2) is 64.8 Å². The molecule has 0 aromatic carbocycles. The molecule has 0 nitrogen and oxygen atoms in total.